The van der Waals surface area contributed by atoms with Crippen LogP contribution in [-0.4, -0.2) is 15.2 Å². The highest BCUT2D eigenvalue weighted by molar-refractivity contribution is 9.10. The molecule has 0 aliphatic rings. The normalized spacial score (nSPS) is 10.9. The van der Waals surface area contributed by atoms with Crippen molar-refractivity contribution in [3.05, 3.63) is 45.0 Å². The van der Waals surface area contributed by atoms with E-state index < -0.39 is 0 Å². The lowest BCUT2D eigenvalue weighted by molar-refractivity contribution is 1.10. The summed E-state index contributed by atoms with van der Waals surface area (Å²) in [5.41, 5.74) is 1.48. The Morgan fingerprint density at radius 2 is 1.84 bits per heavy atom. The average Bonchev–Trinajstić information content (AvgIpc) is 2.70. The molecular formula is C12H7BrCl2N4. The maximum Gasteiger partial charge on any atom is 0.161 e. The Hall–Kier alpha value is -1.30. The first-order valence-electron chi connectivity index (χ1n) is 5.34. The third kappa shape index (κ3) is 2.68. The summed E-state index contributed by atoms with van der Waals surface area (Å²) >= 11 is 15.3. The van der Waals surface area contributed by atoms with Crippen molar-refractivity contribution in [3.8, 4) is 0 Å². The maximum absolute atomic E-state index is 5.96. The number of rotatable bonds is 2. The van der Waals surface area contributed by atoms with E-state index in [1.54, 1.807) is 24.4 Å². The molecule has 19 heavy (non-hydrogen) atoms. The van der Waals surface area contributed by atoms with E-state index in [0.717, 1.165) is 15.5 Å². The fourth-order valence-corrected chi connectivity index (χ4v) is 2.59. The zero-order valence-corrected chi connectivity index (χ0v) is 12.5. The third-order valence-electron chi connectivity index (χ3n) is 2.51. The molecule has 2 aromatic heterocycles. The molecule has 3 rings (SSSR count). The van der Waals surface area contributed by atoms with E-state index in [1.165, 1.54) is 0 Å². The van der Waals surface area contributed by atoms with Gasteiger partial charge in [-0.2, -0.15) is 5.10 Å². The highest BCUT2D eigenvalue weighted by Gasteiger charge is 2.08. The topological polar surface area (TPSA) is 53.6 Å². The van der Waals surface area contributed by atoms with E-state index in [2.05, 4.69) is 36.4 Å². The molecule has 96 valence electrons. The van der Waals surface area contributed by atoms with Gasteiger partial charge in [-0.15, -0.1) is 0 Å². The minimum absolute atomic E-state index is 0.564. The van der Waals surface area contributed by atoms with Crippen molar-refractivity contribution in [2.75, 3.05) is 5.32 Å². The van der Waals surface area contributed by atoms with Crippen LogP contribution >= 0.6 is 39.1 Å². The quantitative estimate of drug-likeness (QED) is 0.694. The van der Waals surface area contributed by atoms with Gasteiger partial charge in [0.2, 0.25) is 0 Å². The van der Waals surface area contributed by atoms with Crippen molar-refractivity contribution in [1.82, 2.24) is 15.2 Å². The van der Waals surface area contributed by atoms with Crippen LogP contribution in [0.5, 0.6) is 0 Å². The van der Waals surface area contributed by atoms with Crippen LogP contribution in [0.15, 0.2) is 34.9 Å². The van der Waals surface area contributed by atoms with Gasteiger partial charge in [-0.3, -0.25) is 5.10 Å². The van der Waals surface area contributed by atoms with Gasteiger partial charge in [-0.1, -0.05) is 23.2 Å². The first-order valence-corrected chi connectivity index (χ1v) is 6.89. The molecule has 0 radical (unpaired) electrons. The Kier molecular flexibility index (Phi) is 3.35. The van der Waals surface area contributed by atoms with E-state index in [9.17, 15) is 0 Å². The number of hydrogen-bond donors (Lipinski definition) is 2. The van der Waals surface area contributed by atoms with Crippen molar-refractivity contribution in [3.63, 3.8) is 0 Å². The van der Waals surface area contributed by atoms with Gasteiger partial charge in [0.15, 0.2) is 11.5 Å². The summed E-state index contributed by atoms with van der Waals surface area (Å²) in [4.78, 5) is 4.22. The van der Waals surface area contributed by atoms with Crippen LogP contribution in [0.3, 0.4) is 0 Å². The molecule has 0 atom stereocenters. The summed E-state index contributed by atoms with van der Waals surface area (Å²) in [5.74, 6) is 0.669. The minimum atomic E-state index is 0.564. The summed E-state index contributed by atoms with van der Waals surface area (Å²) in [6, 6.07) is 7.16. The standard InChI is InChI=1S/C12H7BrCl2N4/c13-6-1-10-11(16-5-6)18-19-12(10)17-9-3-7(14)2-8(15)4-9/h1-5H,(H2,16,17,18,19). The first-order chi connectivity index (χ1) is 9.11. The lowest BCUT2D eigenvalue weighted by Crippen LogP contribution is -1.91. The second-order valence-corrected chi connectivity index (χ2v) is 5.69. The summed E-state index contributed by atoms with van der Waals surface area (Å²) in [6.45, 7) is 0. The number of nitrogens with zero attached hydrogens (tertiary/aromatic N) is 2. The van der Waals surface area contributed by atoms with E-state index in [-0.39, 0.29) is 0 Å². The zero-order chi connectivity index (χ0) is 13.4. The lowest BCUT2D eigenvalue weighted by atomic mass is 10.3. The molecule has 0 saturated carbocycles. The summed E-state index contributed by atoms with van der Waals surface area (Å²) in [5, 5.41) is 12.2. The molecule has 0 amide bonds. The summed E-state index contributed by atoms with van der Waals surface area (Å²) in [7, 11) is 0. The largest absolute Gasteiger partial charge is 0.338 e. The SMILES string of the molecule is Clc1cc(Cl)cc(Nc2n[nH]c3ncc(Br)cc23)c1. The Morgan fingerprint density at radius 1 is 1.11 bits per heavy atom. The molecule has 7 heteroatoms. The van der Waals surface area contributed by atoms with Crippen LogP contribution in [0.1, 0.15) is 0 Å². The van der Waals surface area contributed by atoms with Crippen LogP contribution in [-0.2, 0) is 0 Å². The number of aromatic amines is 1. The Labute approximate surface area is 127 Å². The zero-order valence-electron chi connectivity index (χ0n) is 9.42. The minimum Gasteiger partial charge on any atom is -0.338 e. The smallest absolute Gasteiger partial charge is 0.161 e. The van der Waals surface area contributed by atoms with Gasteiger partial charge < -0.3 is 5.32 Å². The molecule has 2 heterocycles. The van der Waals surface area contributed by atoms with E-state index in [0.29, 0.717) is 21.5 Å². The second kappa shape index (κ2) is 5.00. The Morgan fingerprint density at radius 3 is 2.58 bits per heavy atom. The fourth-order valence-electron chi connectivity index (χ4n) is 1.74. The molecule has 0 bridgehead atoms. The van der Waals surface area contributed by atoms with E-state index in [1.807, 2.05) is 6.07 Å². The van der Waals surface area contributed by atoms with Crippen molar-refractivity contribution in [1.29, 1.82) is 0 Å². The average molecular weight is 358 g/mol. The molecule has 0 unspecified atom stereocenters. The molecular weight excluding hydrogens is 351 g/mol. The Balaban J connectivity index is 2.03. The number of pyridine rings is 1. The summed E-state index contributed by atoms with van der Waals surface area (Å²) < 4.78 is 0.883. The molecule has 0 fully saturated rings. The van der Waals surface area contributed by atoms with E-state index in [4.69, 9.17) is 23.2 Å². The molecule has 2 N–H and O–H groups in total. The second-order valence-electron chi connectivity index (χ2n) is 3.91. The Bertz CT molecular complexity index is 736. The number of fused-ring (bicyclic) bond motifs is 1. The molecule has 0 spiro atoms. The number of H-pyrrole nitrogens is 1. The number of aromatic nitrogens is 3. The number of nitrogens with one attached hydrogen (secondary N) is 2. The van der Waals surface area contributed by atoms with Gasteiger partial charge in [0.05, 0.1) is 5.39 Å². The van der Waals surface area contributed by atoms with Crippen molar-refractivity contribution < 1.29 is 0 Å². The van der Waals surface area contributed by atoms with Crippen LogP contribution in [0, 0.1) is 0 Å². The molecule has 3 aromatic rings. The third-order valence-corrected chi connectivity index (χ3v) is 3.38. The van der Waals surface area contributed by atoms with Gasteiger partial charge in [-0.05, 0) is 40.2 Å². The first kappa shape index (κ1) is 12.7. The molecule has 0 aliphatic carbocycles. The van der Waals surface area contributed by atoms with Crippen LogP contribution in [0.2, 0.25) is 10.0 Å². The van der Waals surface area contributed by atoms with Gasteiger partial charge in [-0.25, -0.2) is 4.98 Å². The number of anilines is 2. The monoisotopic (exact) mass is 356 g/mol. The van der Waals surface area contributed by atoms with Crippen LogP contribution in [0.4, 0.5) is 11.5 Å². The van der Waals surface area contributed by atoms with Crippen LogP contribution < -0.4 is 5.32 Å². The number of benzene rings is 1. The highest BCUT2D eigenvalue weighted by atomic mass is 79.9. The molecule has 1 aromatic carbocycles. The van der Waals surface area contributed by atoms with Crippen molar-refractivity contribution in [2.24, 2.45) is 0 Å². The predicted molar refractivity (Wildman–Crippen MR) is 81.3 cm³/mol. The lowest BCUT2D eigenvalue weighted by Gasteiger charge is -2.05. The molecule has 0 aliphatic heterocycles. The fraction of sp³-hybridized carbons (Fsp3) is 0. The van der Waals surface area contributed by atoms with Gasteiger partial charge in [0.25, 0.3) is 0 Å². The predicted octanol–water partition coefficient (Wildman–Crippen LogP) is 4.77. The summed E-state index contributed by atoms with van der Waals surface area (Å²) in [6.07, 6.45) is 1.71. The van der Waals surface area contributed by atoms with Gasteiger partial charge in [0.1, 0.15) is 0 Å². The van der Waals surface area contributed by atoms with E-state index >= 15 is 0 Å². The number of halogens is 3. The van der Waals surface area contributed by atoms with Gasteiger partial charge >= 0.3 is 0 Å². The van der Waals surface area contributed by atoms with Crippen molar-refractivity contribution >= 4 is 61.7 Å². The highest BCUT2D eigenvalue weighted by Crippen LogP contribution is 2.28. The van der Waals surface area contributed by atoms with Gasteiger partial charge in [0, 0.05) is 26.4 Å². The number of hydrogen-bond acceptors (Lipinski definition) is 3. The molecule has 0 saturated heterocycles. The van der Waals surface area contributed by atoms with Crippen molar-refractivity contribution in [2.45, 2.75) is 0 Å². The maximum atomic E-state index is 5.96. The van der Waals surface area contributed by atoms with Crippen LogP contribution in [0.25, 0.3) is 11.0 Å². The molecule has 4 nitrogen and oxygen atoms in total.